The van der Waals surface area contributed by atoms with Crippen molar-refractivity contribution in [3.8, 4) is 0 Å². The molecule has 0 aromatic rings. The first-order valence-corrected chi connectivity index (χ1v) is 6.47. The molecule has 5 nitrogen and oxygen atoms in total. The van der Waals surface area contributed by atoms with Crippen LogP contribution in [0, 0.1) is 0 Å². The molecule has 0 amide bonds. The summed E-state index contributed by atoms with van der Waals surface area (Å²) in [6, 6.07) is 0. The van der Waals surface area contributed by atoms with Gasteiger partial charge in [-0.05, 0) is 33.1 Å². The molecular formula is C9H17KO5S. The SMILES string of the molecule is CC1(C)OC[C@@H](CC2(S(=O)(=O)O)CC2)O1.[KH]. The van der Waals surface area contributed by atoms with Gasteiger partial charge in [0.15, 0.2) is 5.79 Å². The van der Waals surface area contributed by atoms with Crippen molar-refractivity contribution in [3.05, 3.63) is 0 Å². The van der Waals surface area contributed by atoms with Gasteiger partial charge in [-0.1, -0.05) is 0 Å². The fourth-order valence-corrected chi connectivity index (χ4v) is 3.00. The quantitative estimate of drug-likeness (QED) is 0.593. The standard InChI is InChI=1S/C9H16O5S.K.H/c1-8(2)13-6-7(14-8)5-9(3-4-9)15(10,11)12;;/h7H,3-6H2,1-2H3,(H,10,11,12);;/t7-;;/m1../s1. The zero-order valence-corrected chi connectivity index (χ0v) is 9.71. The van der Waals surface area contributed by atoms with E-state index in [1.165, 1.54) is 0 Å². The summed E-state index contributed by atoms with van der Waals surface area (Å²) in [5.74, 6) is -0.639. The Bertz CT molecular complexity index is 360. The van der Waals surface area contributed by atoms with Crippen molar-refractivity contribution < 1.29 is 22.4 Å². The molecule has 16 heavy (non-hydrogen) atoms. The molecule has 1 heterocycles. The third-order valence-corrected chi connectivity index (χ3v) is 4.69. The van der Waals surface area contributed by atoms with Crippen LogP contribution in [0.1, 0.15) is 33.1 Å². The molecule has 2 aliphatic rings. The summed E-state index contributed by atoms with van der Waals surface area (Å²) in [5, 5.41) is 0. The van der Waals surface area contributed by atoms with Crippen LogP contribution in [0.4, 0.5) is 0 Å². The first kappa shape index (κ1) is 15.5. The number of rotatable bonds is 3. The Hall–Kier alpha value is 1.47. The van der Waals surface area contributed by atoms with Gasteiger partial charge in [0, 0.05) is 0 Å². The van der Waals surface area contributed by atoms with Crippen LogP contribution in [0.25, 0.3) is 0 Å². The molecular weight excluding hydrogens is 259 g/mol. The van der Waals surface area contributed by atoms with Gasteiger partial charge in [0.25, 0.3) is 10.1 Å². The van der Waals surface area contributed by atoms with Crippen LogP contribution in [0.3, 0.4) is 0 Å². The Labute approximate surface area is 138 Å². The normalized spacial score (nSPS) is 30.8. The molecule has 1 N–H and O–H groups in total. The molecule has 1 saturated heterocycles. The van der Waals surface area contributed by atoms with Crippen LogP contribution in [0.2, 0.25) is 0 Å². The monoisotopic (exact) mass is 276 g/mol. The molecule has 1 aliphatic carbocycles. The van der Waals surface area contributed by atoms with E-state index in [2.05, 4.69) is 0 Å². The first-order valence-electron chi connectivity index (χ1n) is 5.03. The average Bonchev–Trinajstić information content (AvgIpc) is 2.73. The van der Waals surface area contributed by atoms with Gasteiger partial charge in [-0.25, -0.2) is 0 Å². The molecule has 0 radical (unpaired) electrons. The summed E-state index contributed by atoms with van der Waals surface area (Å²) in [6.07, 6.45) is 1.14. The summed E-state index contributed by atoms with van der Waals surface area (Å²) in [7, 11) is -3.95. The fraction of sp³-hybridized carbons (Fsp3) is 1.00. The van der Waals surface area contributed by atoms with Crippen molar-refractivity contribution in [2.24, 2.45) is 0 Å². The molecule has 1 saturated carbocycles. The van der Waals surface area contributed by atoms with Crippen molar-refractivity contribution in [2.45, 2.75) is 49.7 Å². The molecule has 0 spiro atoms. The molecule has 90 valence electrons. The van der Waals surface area contributed by atoms with Crippen LogP contribution >= 0.6 is 0 Å². The van der Waals surface area contributed by atoms with E-state index in [1.807, 2.05) is 0 Å². The van der Waals surface area contributed by atoms with E-state index in [9.17, 15) is 8.42 Å². The van der Waals surface area contributed by atoms with Gasteiger partial charge in [-0.2, -0.15) is 8.42 Å². The van der Waals surface area contributed by atoms with E-state index in [-0.39, 0.29) is 57.5 Å². The van der Waals surface area contributed by atoms with Crippen molar-refractivity contribution in [3.63, 3.8) is 0 Å². The van der Waals surface area contributed by atoms with E-state index in [1.54, 1.807) is 13.8 Å². The van der Waals surface area contributed by atoms with Crippen LogP contribution < -0.4 is 0 Å². The fourth-order valence-electron chi connectivity index (χ4n) is 1.99. The van der Waals surface area contributed by atoms with Gasteiger partial charge < -0.3 is 9.47 Å². The second kappa shape index (κ2) is 4.86. The topological polar surface area (TPSA) is 72.8 Å². The van der Waals surface area contributed by atoms with Gasteiger partial charge >= 0.3 is 51.4 Å². The van der Waals surface area contributed by atoms with Crippen molar-refractivity contribution >= 4 is 61.5 Å². The van der Waals surface area contributed by atoms with Crippen LogP contribution in [0.5, 0.6) is 0 Å². The zero-order valence-electron chi connectivity index (χ0n) is 8.89. The van der Waals surface area contributed by atoms with E-state index >= 15 is 0 Å². The third kappa shape index (κ3) is 3.27. The molecule has 0 unspecified atom stereocenters. The van der Waals surface area contributed by atoms with Gasteiger partial charge in [0.2, 0.25) is 0 Å². The summed E-state index contributed by atoms with van der Waals surface area (Å²) in [5.41, 5.74) is 0. The second-order valence-corrected chi connectivity index (χ2v) is 6.63. The van der Waals surface area contributed by atoms with E-state index < -0.39 is 20.7 Å². The van der Waals surface area contributed by atoms with Crippen LogP contribution in [0.15, 0.2) is 0 Å². The Balaban J connectivity index is 0.00000128. The number of hydrogen-bond donors (Lipinski definition) is 1. The van der Waals surface area contributed by atoms with E-state index in [0.29, 0.717) is 25.9 Å². The first-order chi connectivity index (χ1) is 6.74. The maximum atomic E-state index is 11.1. The van der Waals surface area contributed by atoms with Crippen molar-refractivity contribution in [2.75, 3.05) is 6.61 Å². The minimum absolute atomic E-state index is 0. The van der Waals surface area contributed by atoms with Gasteiger partial charge in [-0.3, -0.25) is 4.55 Å². The Morgan fingerprint density at radius 1 is 1.38 bits per heavy atom. The van der Waals surface area contributed by atoms with Crippen LogP contribution in [-0.2, 0) is 19.6 Å². The van der Waals surface area contributed by atoms with Crippen molar-refractivity contribution in [1.29, 1.82) is 0 Å². The summed E-state index contributed by atoms with van der Waals surface area (Å²) < 4.78 is 41.2. The Morgan fingerprint density at radius 3 is 2.25 bits per heavy atom. The molecule has 7 heteroatoms. The molecule has 2 fully saturated rings. The van der Waals surface area contributed by atoms with Gasteiger partial charge in [0.05, 0.1) is 12.7 Å². The molecule has 0 bridgehead atoms. The number of hydrogen-bond acceptors (Lipinski definition) is 4. The van der Waals surface area contributed by atoms with Gasteiger partial charge in [-0.15, -0.1) is 0 Å². The van der Waals surface area contributed by atoms with Crippen LogP contribution in [-0.4, -0.2) is 87.6 Å². The molecule has 0 aromatic heterocycles. The Morgan fingerprint density at radius 2 is 1.94 bits per heavy atom. The minimum atomic E-state index is -3.95. The summed E-state index contributed by atoms with van der Waals surface area (Å²) in [4.78, 5) is 0. The Kier molecular flexibility index (Phi) is 4.72. The maximum absolute atomic E-state index is 11.1. The molecule has 0 aromatic carbocycles. The predicted molar refractivity (Wildman–Crippen MR) is 60.2 cm³/mol. The third-order valence-electron chi connectivity index (χ3n) is 3.02. The van der Waals surface area contributed by atoms with E-state index in [4.69, 9.17) is 14.0 Å². The average molecular weight is 276 g/mol. The molecule has 1 atom stereocenters. The number of ether oxygens (including phenoxy) is 2. The summed E-state index contributed by atoms with van der Waals surface area (Å²) >= 11 is 0. The summed E-state index contributed by atoms with van der Waals surface area (Å²) in [6.45, 7) is 3.98. The predicted octanol–water partition coefficient (Wildman–Crippen LogP) is 0.300. The van der Waals surface area contributed by atoms with Crippen molar-refractivity contribution in [1.82, 2.24) is 0 Å². The second-order valence-electron chi connectivity index (χ2n) is 4.81. The molecule has 2 rings (SSSR count). The molecule has 1 aliphatic heterocycles. The zero-order chi connectivity index (χ0) is 11.3. The van der Waals surface area contributed by atoms with E-state index in [0.717, 1.165) is 0 Å². The van der Waals surface area contributed by atoms with Gasteiger partial charge in [0.1, 0.15) is 4.75 Å².